The van der Waals surface area contributed by atoms with E-state index < -0.39 is 0 Å². The van der Waals surface area contributed by atoms with Crippen LogP contribution in [0.25, 0.3) is 11.4 Å². The van der Waals surface area contributed by atoms with E-state index >= 15 is 0 Å². The number of aromatic amines is 1. The Bertz CT molecular complexity index is 1200. The zero-order valence-corrected chi connectivity index (χ0v) is 19.6. The average Bonchev–Trinajstić information content (AvgIpc) is 3.20. The van der Waals surface area contributed by atoms with Crippen molar-refractivity contribution < 1.29 is 18.7 Å². The van der Waals surface area contributed by atoms with Gasteiger partial charge in [0, 0.05) is 30.3 Å². The Hall–Kier alpha value is -3.53. The Morgan fingerprint density at radius 1 is 1.15 bits per heavy atom. The lowest BCUT2D eigenvalue weighted by Gasteiger charge is -2.32. The first-order chi connectivity index (χ1) is 16.4. The number of carbonyl (C=O) groups is 2. The minimum atomic E-state index is -0.383. The Morgan fingerprint density at radius 2 is 1.82 bits per heavy atom. The van der Waals surface area contributed by atoms with Gasteiger partial charge in [0.15, 0.2) is 10.6 Å². The first-order valence-corrected chi connectivity index (χ1v) is 11.6. The molecule has 34 heavy (non-hydrogen) atoms. The van der Waals surface area contributed by atoms with Gasteiger partial charge >= 0.3 is 0 Å². The number of nitrogens with one attached hydrogen (secondary N) is 2. The number of benzene rings is 2. The molecule has 10 heteroatoms. The number of halogens is 1. The minimum Gasteiger partial charge on any atom is -0.494 e. The maximum Gasteiger partial charge on any atom is 0.251 e. The van der Waals surface area contributed by atoms with Crippen molar-refractivity contribution in [3.63, 3.8) is 0 Å². The number of ether oxygens (including phenoxy) is 1. The maximum atomic E-state index is 13.1. The third-order valence-corrected chi connectivity index (χ3v) is 6.08. The highest BCUT2D eigenvalue weighted by molar-refractivity contribution is 7.71. The molecular weight excluding hydrogens is 457 g/mol. The van der Waals surface area contributed by atoms with Crippen molar-refractivity contribution in [1.29, 1.82) is 0 Å². The number of carbonyl (C=O) groups excluding carboxylic acids is 2. The second-order valence-electron chi connectivity index (χ2n) is 8.03. The van der Waals surface area contributed by atoms with Gasteiger partial charge in [-0.3, -0.25) is 19.3 Å². The highest BCUT2D eigenvalue weighted by Crippen LogP contribution is 2.22. The van der Waals surface area contributed by atoms with Crippen molar-refractivity contribution in [2.75, 3.05) is 19.7 Å². The molecule has 2 heterocycles. The van der Waals surface area contributed by atoms with Gasteiger partial charge in [-0.1, -0.05) is 0 Å². The predicted molar refractivity (Wildman–Crippen MR) is 127 cm³/mol. The molecule has 1 aliphatic rings. The summed E-state index contributed by atoms with van der Waals surface area (Å²) in [6.45, 7) is 3.63. The molecule has 0 saturated carbocycles. The number of rotatable bonds is 7. The molecule has 2 amide bonds. The van der Waals surface area contributed by atoms with Crippen LogP contribution in [-0.2, 0) is 11.3 Å². The summed E-state index contributed by atoms with van der Waals surface area (Å²) < 4.78 is 20.6. The molecule has 1 aliphatic heterocycles. The standard InChI is InChI=1S/C24H26FN5O3S/c1-2-33-20-9-5-16(6-10-20)22-27-28-24(34)30(22)15-21(31)29-13-11-19(12-14-29)26-23(32)17-3-7-18(25)8-4-17/h3-10,19H,2,11-15H2,1H3,(H,26,32)(H,28,34). The van der Waals surface area contributed by atoms with Crippen LogP contribution in [0.2, 0.25) is 0 Å². The van der Waals surface area contributed by atoms with Crippen LogP contribution in [-0.4, -0.2) is 57.2 Å². The van der Waals surface area contributed by atoms with Gasteiger partial charge in [-0.2, -0.15) is 5.10 Å². The van der Waals surface area contributed by atoms with Crippen LogP contribution in [0.3, 0.4) is 0 Å². The summed E-state index contributed by atoms with van der Waals surface area (Å²) in [5.41, 5.74) is 1.24. The molecule has 0 bridgehead atoms. The molecule has 0 aliphatic carbocycles. The molecule has 4 rings (SSSR count). The molecule has 0 atom stereocenters. The molecule has 178 valence electrons. The van der Waals surface area contributed by atoms with E-state index in [1.54, 1.807) is 9.47 Å². The van der Waals surface area contributed by atoms with E-state index in [-0.39, 0.29) is 30.2 Å². The van der Waals surface area contributed by atoms with Gasteiger partial charge in [-0.05, 0) is 80.5 Å². The molecule has 3 aromatic rings. The molecule has 2 N–H and O–H groups in total. The molecule has 2 aromatic carbocycles. The van der Waals surface area contributed by atoms with E-state index in [4.69, 9.17) is 17.0 Å². The van der Waals surface area contributed by atoms with Crippen molar-refractivity contribution in [2.45, 2.75) is 32.4 Å². The fourth-order valence-corrected chi connectivity index (χ4v) is 4.13. The van der Waals surface area contributed by atoms with Crippen LogP contribution < -0.4 is 10.1 Å². The number of piperidine rings is 1. The summed E-state index contributed by atoms with van der Waals surface area (Å²) in [5.74, 6) is 0.662. The predicted octanol–water partition coefficient (Wildman–Crippen LogP) is 3.57. The Balaban J connectivity index is 1.34. The summed E-state index contributed by atoms with van der Waals surface area (Å²) in [6.07, 6.45) is 1.28. The van der Waals surface area contributed by atoms with Crippen LogP contribution in [0.1, 0.15) is 30.1 Å². The van der Waals surface area contributed by atoms with Crippen molar-refractivity contribution in [3.05, 3.63) is 64.7 Å². The van der Waals surface area contributed by atoms with Crippen molar-refractivity contribution in [2.24, 2.45) is 0 Å². The highest BCUT2D eigenvalue weighted by atomic mass is 32.1. The fraction of sp³-hybridized carbons (Fsp3) is 0.333. The van der Waals surface area contributed by atoms with Gasteiger partial charge in [0.05, 0.1) is 6.61 Å². The number of nitrogens with zero attached hydrogens (tertiary/aromatic N) is 3. The van der Waals surface area contributed by atoms with Crippen LogP contribution in [0.15, 0.2) is 48.5 Å². The quantitative estimate of drug-likeness (QED) is 0.502. The second kappa shape index (κ2) is 10.6. The van der Waals surface area contributed by atoms with E-state index in [1.165, 1.54) is 24.3 Å². The highest BCUT2D eigenvalue weighted by Gasteiger charge is 2.25. The van der Waals surface area contributed by atoms with Crippen molar-refractivity contribution >= 4 is 24.0 Å². The summed E-state index contributed by atoms with van der Waals surface area (Å²) in [5, 5.41) is 10.0. The number of aromatic nitrogens is 3. The van der Waals surface area contributed by atoms with E-state index in [0.717, 1.165) is 11.3 Å². The van der Waals surface area contributed by atoms with Crippen LogP contribution in [0, 0.1) is 10.6 Å². The number of H-pyrrole nitrogens is 1. The SMILES string of the molecule is CCOc1ccc(-c2n[nH]c(=S)n2CC(=O)N2CCC(NC(=O)c3ccc(F)cc3)CC2)cc1. The van der Waals surface area contributed by atoms with Crippen LogP contribution in [0.4, 0.5) is 4.39 Å². The molecule has 0 radical (unpaired) electrons. The normalized spacial score (nSPS) is 14.1. The lowest BCUT2D eigenvalue weighted by Crippen LogP contribution is -2.47. The average molecular weight is 484 g/mol. The maximum absolute atomic E-state index is 13.1. The number of amides is 2. The third kappa shape index (κ3) is 5.51. The summed E-state index contributed by atoms with van der Waals surface area (Å²) in [4.78, 5) is 27.1. The van der Waals surface area contributed by atoms with Gasteiger partial charge < -0.3 is 15.0 Å². The van der Waals surface area contributed by atoms with Crippen molar-refractivity contribution in [3.8, 4) is 17.1 Å². The van der Waals surface area contributed by atoms with Gasteiger partial charge in [0.25, 0.3) is 5.91 Å². The first-order valence-electron chi connectivity index (χ1n) is 11.2. The monoisotopic (exact) mass is 483 g/mol. The molecule has 1 aromatic heterocycles. The molecule has 1 fully saturated rings. The first kappa shape index (κ1) is 23.6. The van der Waals surface area contributed by atoms with Crippen LogP contribution in [0.5, 0.6) is 5.75 Å². The van der Waals surface area contributed by atoms with E-state index in [1.807, 2.05) is 31.2 Å². The number of hydrogen-bond acceptors (Lipinski definition) is 5. The summed E-state index contributed by atoms with van der Waals surface area (Å²) in [7, 11) is 0. The molecule has 0 spiro atoms. The summed E-state index contributed by atoms with van der Waals surface area (Å²) in [6, 6.07) is 12.9. The summed E-state index contributed by atoms with van der Waals surface area (Å²) >= 11 is 5.36. The lowest BCUT2D eigenvalue weighted by molar-refractivity contribution is -0.132. The van der Waals surface area contributed by atoms with Gasteiger partial charge in [-0.25, -0.2) is 4.39 Å². The van der Waals surface area contributed by atoms with E-state index in [9.17, 15) is 14.0 Å². The van der Waals surface area contributed by atoms with Gasteiger partial charge in [0.2, 0.25) is 5.91 Å². The third-order valence-electron chi connectivity index (χ3n) is 5.76. The molecular formula is C24H26FN5O3S. The van der Waals surface area contributed by atoms with E-state index in [0.29, 0.717) is 48.7 Å². The topological polar surface area (TPSA) is 92.2 Å². The van der Waals surface area contributed by atoms with Gasteiger partial charge in [-0.15, -0.1) is 0 Å². The van der Waals surface area contributed by atoms with Crippen molar-refractivity contribution in [1.82, 2.24) is 25.0 Å². The smallest absolute Gasteiger partial charge is 0.251 e. The minimum absolute atomic E-state index is 0.0443. The lowest BCUT2D eigenvalue weighted by atomic mass is 10.0. The zero-order valence-electron chi connectivity index (χ0n) is 18.8. The zero-order chi connectivity index (χ0) is 24.1. The Labute approximate surface area is 201 Å². The largest absolute Gasteiger partial charge is 0.494 e. The molecule has 1 saturated heterocycles. The second-order valence-corrected chi connectivity index (χ2v) is 8.42. The number of hydrogen-bond donors (Lipinski definition) is 2. The number of likely N-dealkylation sites (tertiary alicyclic amines) is 1. The fourth-order valence-electron chi connectivity index (χ4n) is 3.93. The Morgan fingerprint density at radius 3 is 2.47 bits per heavy atom. The van der Waals surface area contributed by atoms with E-state index in [2.05, 4.69) is 15.5 Å². The molecule has 0 unspecified atom stereocenters. The van der Waals surface area contributed by atoms with Gasteiger partial charge in [0.1, 0.15) is 18.1 Å². The Kier molecular flexibility index (Phi) is 7.36. The molecule has 8 nitrogen and oxygen atoms in total. The van der Waals surface area contributed by atoms with Crippen LogP contribution >= 0.6 is 12.2 Å².